The van der Waals surface area contributed by atoms with Crippen LogP contribution >= 0.6 is 11.3 Å². The fourth-order valence-electron chi connectivity index (χ4n) is 2.41. The highest BCUT2D eigenvalue weighted by molar-refractivity contribution is 7.17. The van der Waals surface area contributed by atoms with Gasteiger partial charge in [-0.15, -0.1) is 11.3 Å². The van der Waals surface area contributed by atoms with Crippen LogP contribution in [0.4, 0.5) is 0 Å². The fraction of sp³-hybridized carbons (Fsp3) is 0.118. The monoisotopic (exact) mass is 324 g/mol. The molecule has 114 valence electrons. The van der Waals surface area contributed by atoms with Crippen LogP contribution in [0.2, 0.25) is 0 Å². The third-order valence-electron chi connectivity index (χ3n) is 3.52. The van der Waals surface area contributed by atoms with E-state index in [1.165, 1.54) is 0 Å². The van der Waals surface area contributed by atoms with Gasteiger partial charge in [0.2, 0.25) is 0 Å². The molecule has 2 aromatic carbocycles. The SMILES string of the molecule is COc1ccc2c(C#N)cc(-c3nc(C)c(C(=O)O)s3)cc2c1. The summed E-state index contributed by atoms with van der Waals surface area (Å²) in [6, 6.07) is 11.3. The minimum absolute atomic E-state index is 0.212. The Bertz CT molecular complexity index is 970. The maximum Gasteiger partial charge on any atom is 0.347 e. The number of hydrogen-bond acceptors (Lipinski definition) is 5. The van der Waals surface area contributed by atoms with E-state index in [2.05, 4.69) is 11.1 Å². The summed E-state index contributed by atoms with van der Waals surface area (Å²) < 4.78 is 5.22. The van der Waals surface area contributed by atoms with Gasteiger partial charge in [-0.2, -0.15) is 5.26 Å². The number of rotatable bonds is 3. The van der Waals surface area contributed by atoms with Gasteiger partial charge in [-0.25, -0.2) is 9.78 Å². The molecule has 0 spiro atoms. The van der Waals surface area contributed by atoms with Crippen molar-refractivity contribution in [3.8, 4) is 22.4 Å². The molecular formula is C17H12N2O3S. The summed E-state index contributed by atoms with van der Waals surface area (Å²) in [4.78, 5) is 15.7. The van der Waals surface area contributed by atoms with E-state index in [1.807, 2.05) is 18.2 Å². The van der Waals surface area contributed by atoms with Crippen LogP contribution in [0.25, 0.3) is 21.3 Å². The molecule has 1 heterocycles. The van der Waals surface area contributed by atoms with Gasteiger partial charge in [0.1, 0.15) is 15.6 Å². The molecule has 0 aliphatic carbocycles. The van der Waals surface area contributed by atoms with Crippen LogP contribution in [0.15, 0.2) is 30.3 Å². The highest BCUT2D eigenvalue weighted by Crippen LogP contribution is 2.33. The molecule has 0 radical (unpaired) electrons. The summed E-state index contributed by atoms with van der Waals surface area (Å²) in [5.74, 6) is -0.297. The van der Waals surface area contributed by atoms with Gasteiger partial charge in [0.05, 0.1) is 24.4 Å². The molecule has 0 atom stereocenters. The van der Waals surface area contributed by atoms with Crippen molar-refractivity contribution in [2.45, 2.75) is 6.92 Å². The van der Waals surface area contributed by atoms with Crippen molar-refractivity contribution in [2.24, 2.45) is 0 Å². The minimum Gasteiger partial charge on any atom is -0.497 e. The van der Waals surface area contributed by atoms with Crippen molar-refractivity contribution in [2.75, 3.05) is 7.11 Å². The quantitative estimate of drug-likeness (QED) is 0.791. The first kappa shape index (κ1) is 15.0. The summed E-state index contributed by atoms with van der Waals surface area (Å²) in [5.41, 5.74) is 1.72. The summed E-state index contributed by atoms with van der Waals surface area (Å²) in [6.07, 6.45) is 0. The summed E-state index contributed by atoms with van der Waals surface area (Å²) in [6.45, 7) is 1.67. The average Bonchev–Trinajstić information content (AvgIpc) is 2.95. The molecule has 3 aromatic rings. The van der Waals surface area contributed by atoms with Crippen molar-refractivity contribution < 1.29 is 14.6 Å². The second kappa shape index (κ2) is 5.71. The predicted molar refractivity (Wildman–Crippen MR) is 88.0 cm³/mol. The third kappa shape index (κ3) is 2.62. The average molecular weight is 324 g/mol. The number of nitriles is 1. The van der Waals surface area contributed by atoms with Gasteiger partial charge in [-0.1, -0.05) is 0 Å². The standard InChI is InChI=1S/C17H12N2O3S/c1-9-15(17(20)21)23-16(19-9)11-5-10-7-13(22-2)3-4-14(10)12(6-11)8-18/h3-7H,1-2H3,(H,20,21). The second-order valence-corrected chi connectivity index (χ2v) is 5.96. The molecule has 1 aromatic heterocycles. The van der Waals surface area contributed by atoms with Gasteiger partial charge in [0.25, 0.3) is 0 Å². The normalized spacial score (nSPS) is 10.5. The van der Waals surface area contributed by atoms with Crippen LogP contribution in [-0.2, 0) is 0 Å². The van der Waals surface area contributed by atoms with E-state index in [0.29, 0.717) is 22.0 Å². The third-order valence-corrected chi connectivity index (χ3v) is 4.71. The summed E-state index contributed by atoms with van der Waals surface area (Å²) in [7, 11) is 1.58. The zero-order valence-corrected chi connectivity index (χ0v) is 13.3. The van der Waals surface area contributed by atoms with Gasteiger partial charge in [0.15, 0.2) is 0 Å². The number of ether oxygens (including phenoxy) is 1. The number of aromatic nitrogens is 1. The molecule has 5 nitrogen and oxygen atoms in total. The van der Waals surface area contributed by atoms with E-state index in [4.69, 9.17) is 9.84 Å². The number of fused-ring (bicyclic) bond motifs is 1. The lowest BCUT2D eigenvalue weighted by Gasteiger charge is -2.06. The first-order chi connectivity index (χ1) is 11.0. The Labute approximate surface area is 136 Å². The van der Waals surface area contributed by atoms with Crippen molar-refractivity contribution in [3.63, 3.8) is 0 Å². The number of carbonyl (C=O) groups is 1. The molecule has 1 N–H and O–H groups in total. The molecule has 0 amide bonds. The Morgan fingerprint density at radius 2 is 2.13 bits per heavy atom. The molecule has 3 rings (SSSR count). The number of carboxylic acids is 1. The van der Waals surface area contributed by atoms with Crippen LogP contribution in [0.3, 0.4) is 0 Å². The van der Waals surface area contributed by atoms with Crippen molar-refractivity contribution in [1.82, 2.24) is 4.98 Å². The molecular weight excluding hydrogens is 312 g/mol. The Morgan fingerprint density at radius 1 is 1.35 bits per heavy atom. The molecule has 0 unspecified atom stereocenters. The highest BCUT2D eigenvalue weighted by atomic mass is 32.1. The smallest absolute Gasteiger partial charge is 0.347 e. The van der Waals surface area contributed by atoms with Crippen LogP contribution in [0.1, 0.15) is 20.9 Å². The van der Waals surface area contributed by atoms with Crippen LogP contribution in [0.5, 0.6) is 5.75 Å². The molecule has 0 aliphatic rings. The first-order valence-corrected chi connectivity index (χ1v) is 7.58. The molecule has 0 bridgehead atoms. The zero-order chi connectivity index (χ0) is 16.6. The largest absolute Gasteiger partial charge is 0.497 e. The Balaban J connectivity index is 2.24. The molecule has 0 saturated heterocycles. The van der Waals surface area contributed by atoms with Crippen LogP contribution < -0.4 is 4.74 Å². The molecule has 0 fully saturated rings. The summed E-state index contributed by atoms with van der Waals surface area (Å²) in [5, 5.41) is 20.8. The number of aromatic carboxylic acids is 1. The number of hydrogen-bond donors (Lipinski definition) is 1. The number of nitrogens with zero attached hydrogens (tertiary/aromatic N) is 2. The number of methoxy groups -OCH3 is 1. The maximum absolute atomic E-state index is 11.2. The lowest BCUT2D eigenvalue weighted by Crippen LogP contribution is -1.94. The Hall–Kier alpha value is -2.91. The first-order valence-electron chi connectivity index (χ1n) is 6.76. The van der Waals surface area contributed by atoms with Gasteiger partial charge < -0.3 is 9.84 Å². The Kier molecular flexibility index (Phi) is 3.72. The summed E-state index contributed by atoms with van der Waals surface area (Å²) >= 11 is 1.11. The van der Waals surface area contributed by atoms with Crippen molar-refractivity contribution in [3.05, 3.63) is 46.5 Å². The number of thiazole rings is 1. The minimum atomic E-state index is -0.991. The zero-order valence-electron chi connectivity index (χ0n) is 12.5. The maximum atomic E-state index is 11.2. The number of benzene rings is 2. The Morgan fingerprint density at radius 3 is 2.74 bits per heavy atom. The van der Waals surface area contributed by atoms with E-state index in [9.17, 15) is 10.1 Å². The van der Waals surface area contributed by atoms with E-state index in [0.717, 1.165) is 27.7 Å². The van der Waals surface area contributed by atoms with Crippen molar-refractivity contribution in [1.29, 1.82) is 5.26 Å². The number of aryl methyl sites for hydroxylation is 1. The van der Waals surface area contributed by atoms with E-state index >= 15 is 0 Å². The van der Waals surface area contributed by atoms with Gasteiger partial charge in [-0.05, 0) is 48.0 Å². The van der Waals surface area contributed by atoms with Crippen LogP contribution in [-0.4, -0.2) is 23.2 Å². The second-order valence-electron chi connectivity index (χ2n) is 4.96. The lowest BCUT2D eigenvalue weighted by atomic mass is 10.0. The highest BCUT2D eigenvalue weighted by Gasteiger charge is 2.16. The predicted octanol–water partition coefficient (Wildman–Crippen LogP) is 3.85. The van der Waals surface area contributed by atoms with Gasteiger partial charge in [0, 0.05) is 5.56 Å². The lowest BCUT2D eigenvalue weighted by molar-refractivity contribution is 0.0701. The van der Waals surface area contributed by atoms with Crippen molar-refractivity contribution >= 4 is 28.1 Å². The fourth-order valence-corrected chi connectivity index (χ4v) is 3.30. The van der Waals surface area contributed by atoms with E-state index < -0.39 is 5.97 Å². The number of carboxylic acid groups (broad SMARTS) is 1. The molecule has 23 heavy (non-hydrogen) atoms. The van der Waals surface area contributed by atoms with E-state index in [-0.39, 0.29) is 4.88 Å². The molecule has 6 heteroatoms. The van der Waals surface area contributed by atoms with Gasteiger partial charge in [-0.3, -0.25) is 0 Å². The molecule has 0 saturated carbocycles. The van der Waals surface area contributed by atoms with Gasteiger partial charge >= 0.3 is 5.97 Å². The topological polar surface area (TPSA) is 83.2 Å². The van der Waals surface area contributed by atoms with Crippen LogP contribution in [0, 0.1) is 18.3 Å². The molecule has 0 aliphatic heterocycles. The van der Waals surface area contributed by atoms with E-state index in [1.54, 1.807) is 26.2 Å².